The summed E-state index contributed by atoms with van der Waals surface area (Å²) >= 11 is 0. The third kappa shape index (κ3) is 5.29. The van der Waals surface area contributed by atoms with E-state index in [-0.39, 0.29) is 5.56 Å². The minimum atomic E-state index is -0.783. The molecule has 0 fully saturated rings. The molecule has 5 heteroatoms. The SMILES string of the molecule is C=CC(=O)OCCCCc1ccccc1-c1ccc(C(=O)OO)cc1. The topological polar surface area (TPSA) is 72.8 Å². The lowest BCUT2D eigenvalue weighted by molar-refractivity contribution is -0.182. The van der Waals surface area contributed by atoms with Gasteiger partial charge in [0, 0.05) is 6.08 Å². The van der Waals surface area contributed by atoms with Crippen molar-refractivity contribution in [2.24, 2.45) is 0 Å². The van der Waals surface area contributed by atoms with Crippen LogP contribution in [0.2, 0.25) is 0 Å². The maximum atomic E-state index is 11.3. The number of carbonyl (C=O) groups excluding carboxylic acids is 2. The summed E-state index contributed by atoms with van der Waals surface area (Å²) in [5.74, 6) is -1.18. The monoisotopic (exact) mass is 340 g/mol. The van der Waals surface area contributed by atoms with Crippen LogP contribution in [0.25, 0.3) is 11.1 Å². The molecule has 0 amide bonds. The van der Waals surface area contributed by atoms with Gasteiger partial charge in [0.1, 0.15) is 0 Å². The summed E-state index contributed by atoms with van der Waals surface area (Å²) in [7, 11) is 0. The van der Waals surface area contributed by atoms with Gasteiger partial charge in [-0.2, -0.15) is 5.26 Å². The van der Waals surface area contributed by atoms with E-state index in [0.29, 0.717) is 6.61 Å². The molecule has 2 aromatic carbocycles. The predicted molar refractivity (Wildman–Crippen MR) is 94.0 cm³/mol. The summed E-state index contributed by atoms with van der Waals surface area (Å²) < 4.78 is 4.97. The number of ether oxygens (including phenoxy) is 1. The zero-order valence-electron chi connectivity index (χ0n) is 13.8. The zero-order chi connectivity index (χ0) is 18.1. The van der Waals surface area contributed by atoms with Crippen molar-refractivity contribution in [2.45, 2.75) is 19.3 Å². The fraction of sp³-hybridized carbons (Fsp3) is 0.200. The quantitative estimate of drug-likeness (QED) is 0.258. The Morgan fingerprint density at radius 2 is 1.76 bits per heavy atom. The molecule has 130 valence electrons. The van der Waals surface area contributed by atoms with E-state index >= 15 is 0 Å². The summed E-state index contributed by atoms with van der Waals surface area (Å²) in [5.41, 5.74) is 3.51. The summed E-state index contributed by atoms with van der Waals surface area (Å²) in [6.45, 7) is 3.74. The molecule has 0 bridgehead atoms. The van der Waals surface area contributed by atoms with Gasteiger partial charge in [-0.25, -0.2) is 9.59 Å². The number of hydrogen-bond donors (Lipinski definition) is 1. The number of esters is 1. The summed E-state index contributed by atoms with van der Waals surface area (Å²) in [6, 6.07) is 14.9. The first-order chi connectivity index (χ1) is 12.2. The molecule has 5 nitrogen and oxygen atoms in total. The molecule has 25 heavy (non-hydrogen) atoms. The average Bonchev–Trinajstić information content (AvgIpc) is 2.67. The summed E-state index contributed by atoms with van der Waals surface area (Å²) in [5, 5.41) is 8.42. The lowest BCUT2D eigenvalue weighted by atomic mass is 9.95. The molecule has 0 spiro atoms. The normalized spacial score (nSPS) is 10.1. The largest absolute Gasteiger partial charge is 0.463 e. The van der Waals surface area contributed by atoms with E-state index in [0.717, 1.165) is 36.5 Å². The van der Waals surface area contributed by atoms with E-state index in [1.54, 1.807) is 12.1 Å². The van der Waals surface area contributed by atoms with Crippen molar-refractivity contribution < 1.29 is 24.5 Å². The number of benzene rings is 2. The third-order valence-corrected chi connectivity index (χ3v) is 3.78. The van der Waals surface area contributed by atoms with Gasteiger partial charge in [-0.1, -0.05) is 43.0 Å². The maximum Gasteiger partial charge on any atom is 0.372 e. The Kier molecular flexibility index (Phi) is 6.92. The summed E-state index contributed by atoms with van der Waals surface area (Å²) in [4.78, 5) is 26.0. The van der Waals surface area contributed by atoms with Gasteiger partial charge in [0.15, 0.2) is 0 Å². The molecule has 0 atom stereocenters. The highest BCUT2D eigenvalue weighted by molar-refractivity contribution is 5.89. The zero-order valence-corrected chi connectivity index (χ0v) is 13.8. The van der Waals surface area contributed by atoms with Crippen LogP contribution in [0.5, 0.6) is 0 Å². The molecule has 0 saturated heterocycles. The second kappa shape index (κ2) is 9.39. The maximum absolute atomic E-state index is 11.3. The van der Waals surface area contributed by atoms with Crippen LogP contribution in [0.1, 0.15) is 28.8 Å². The lowest BCUT2D eigenvalue weighted by Crippen LogP contribution is -2.02. The Balaban J connectivity index is 2.01. The smallest absolute Gasteiger partial charge is 0.372 e. The molecule has 2 rings (SSSR count). The van der Waals surface area contributed by atoms with Crippen LogP contribution < -0.4 is 0 Å². The lowest BCUT2D eigenvalue weighted by Gasteiger charge is -2.10. The van der Waals surface area contributed by atoms with E-state index in [4.69, 9.17) is 9.99 Å². The molecule has 0 aliphatic heterocycles. The fourth-order valence-corrected chi connectivity index (χ4v) is 2.51. The van der Waals surface area contributed by atoms with E-state index in [9.17, 15) is 9.59 Å². The van der Waals surface area contributed by atoms with Crippen molar-refractivity contribution in [3.63, 3.8) is 0 Å². The fourth-order valence-electron chi connectivity index (χ4n) is 2.51. The minimum Gasteiger partial charge on any atom is -0.463 e. The van der Waals surface area contributed by atoms with Crippen LogP contribution in [0.3, 0.4) is 0 Å². The van der Waals surface area contributed by atoms with Crippen molar-refractivity contribution >= 4 is 11.9 Å². The van der Waals surface area contributed by atoms with Crippen molar-refractivity contribution in [1.82, 2.24) is 0 Å². The Labute approximate surface area is 146 Å². The Bertz CT molecular complexity index is 734. The average molecular weight is 340 g/mol. The van der Waals surface area contributed by atoms with Crippen LogP contribution in [0.4, 0.5) is 0 Å². The van der Waals surface area contributed by atoms with Gasteiger partial charge in [0.2, 0.25) is 0 Å². The van der Waals surface area contributed by atoms with Gasteiger partial charge in [0.25, 0.3) is 0 Å². The highest BCUT2D eigenvalue weighted by Crippen LogP contribution is 2.25. The van der Waals surface area contributed by atoms with Crippen LogP contribution in [0, 0.1) is 0 Å². The van der Waals surface area contributed by atoms with Crippen LogP contribution in [0.15, 0.2) is 61.2 Å². The Morgan fingerprint density at radius 1 is 1.04 bits per heavy atom. The van der Waals surface area contributed by atoms with E-state index in [2.05, 4.69) is 17.5 Å². The second-order valence-corrected chi connectivity index (χ2v) is 5.44. The van der Waals surface area contributed by atoms with Crippen molar-refractivity contribution in [2.75, 3.05) is 6.61 Å². The second-order valence-electron chi connectivity index (χ2n) is 5.44. The number of rotatable bonds is 8. The van der Waals surface area contributed by atoms with Gasteiger partial charge in [-0.3, -0.25) is 4.89 Å². The minimum absolute atomic E-state index is 0.285. The standard InChI is InChI=1S/C20H20O5/c1-2-19(21)24-14-6-5-8-15-7-3-4-9-18(15)16-10-12-17(13-11-16)20(22)25-23/h2-4,7,9-13,23H,1,5-6,8,14H2. The van der Waals surface area contributed by atoms with Gasteiger partial charge in [0.05, 0.1) is 12.2 Å². The van der Waals surface area contributed by atoms with Crippen molar-refractivity contribution in [1.29, 1.82) is 0 Å². The van der Waals surface area contributed by atoms with Crippen LogP contribution in [-0.2, 0) is 20.8 Å². The van der Waals surface area contributed by atoms with Gasteiger partial charge in [-0.05, 0) is 48.1 Å². The molecule has 0 aliphatic rings. The first-order valence-corrected chi connectivity index (χ1v) is 7.99. The molecule has 0 saturated carbocycles. The summed E-state index contributed by atoms with van der Waals surface area (Å²) in [6.07, 6.45) is 3.67. The highest BCUT2D eigenvalue weighted by atomic mass is 17.1. The van der Waals surface area contributed by atoms with Crippen LogP contribution in [-0.4, -0.2) is 23.8 Å². The van der Waals surface area contributed by atoms with Gasteiger partial charge >= 0.3 is 11.9 Å². The number of aryl methyl sites for hydroxylation is 1. The van der Waals surface area contributed by atoms with Gasteiger partial charge in [-0.15, -0.1) is 0 Å². The first kappa shape index (κ1) is 18.4. The number of unbranched alkanes of at least 4 members (excludes halogenated alkanes) is 1. The molecular weight excluding hydrogens is 320 g/mol. The van der Waals surface area contributed by atoms with E-state index < -0.39 is 11.9 Å². The van der Waals surface area contributed by atoms with Crippen molar-refractivity contribution in [3.05, 3.63) is 72.3 Å². The van der Waals surface area contributed by atoms with Crippen LogP contribution >= 0.6 is 0 Å². The predicted octanol–water partition coefficient (Wildman–Crippen LogP) is 4.04. The van der Waals surface area contributed by atoms with Crippen molar-refractivity contribution in [3.8, 4) is 11.1 Å². The molecule has 0 aromatic heterocycles. The molecule has 0 heterocycles. The molecule has 0 radical (unpaired) electrons. The Morgan fingerprint density at radius 3 is 2.44 bits per heavy atom. The number of carbonyl (C=O) groups is 2. The molecule has 0 unspecified atom stereocenters. The van der Waals surface area contributed by atoms with E-state index in [1.807, 2.05) is 30.3 Å². The van der Waals surface area contributed by atoms with E-state index in [1.165, 1.54) is 5.56 Å². The molecule has 0 aliphatic carbocycles. The highest BCUT2D eigenvalue weighted by Gasteiger charge is 2.09. The molecular formula is C20H20O5. The third-order valence-electron chi connectivity index (χ3n) is 3.78. The molecule has 1 N–H and O–H groups in total. The number of hydrogen-bond acceptors (Lipinski definition) is 5. The Hall–Kier alpha value is -2.92. The first-order valence-electron chi connectivity index (χ1n) is 7.99. The van der Waals surface area contributed by atoms with Gasteiger partial charge < -0.3 is 4.74 Å². The molecule has 2 aromatic rings.